The number of nitrogens with two attached hydrogens (primary N) is 1. The summed E-state index contributed by atoms with van der Waals surface area (Å²) in [6, 6.07) is 0. The SMILES string of the molecule is CCC1CCCN(C(=NC)NN)CC1. The third-order valence-corrected chi connectivity index (χ3v) is 3.07. The zero-order valence-electron chi connectivity index (χ0n) is 9.29. The van der Waals surface area contributed by atoms with E-state index < -0.39 is 0 Å². The third kappa shape index (κ3) is 2.87. The highest BCUT2D eigenvalue weighted by Crippen LogP contribution is 2.19. The molecule has 1 saturated heterocycles. The highest BCUT2D eigenvalue weighted by atomic mass is 15.4. The molecule has 82 valence electrons. The van der Waals surface area contributed by atoms with E-state index in [1.165, 1.54) is 25.7 Å². The van der Waals surface area contributed by atoms with E-state index in [-0.39, 0.29) is 0 Å². The lowest BCUT2D eigenvalue weighted by atomic mass is 9.98. The Morgan fingerprint density at radius 2 is 2.29 bits per heavy atom. The van der Waals surface area contributed by atoms with Gasteiger partial charge in [0.1, 0.15) is 0 Å². The molecule has 1 aliphatic rings. The van der Waals surface area contributed by atoms with Crippen molar-refractivity contribution in [1.29, 1.82) is 0 Å². The molecular formula is C10H22N4. The minimum absolute atomic E-state index is 0.821. The predicted octanol–water partition coefficient (Wildman–Crippen LogP) is 0.948. The van der Waals surface area contributed by atoms with Crippen LogP contribution in [0.1, 0.15) is 32.6 Å². The molecule has 1 rings (SSSR count). The molecule has 0 saturated carbocycles. The molecule has 1 atom stereocenters. The molecule has 1 aliphatic heterocycles. The van der Waals surface area contributed by atoms with Gasteiger partial charge < -0.3 is 4.90 Å². The van der Waals surface area contributed by atoms with Gasteiger partial charge in [0.15, 0.2) is 0 Å². The molecule has 1 fully saturated rings. The topological polar surface area (TPSA) is 53.6 Å². The molecule has 1 heterocycles. The number of rotatable bonds is 1. The molecule has 14 heavy (non-hydrogen) atoms. The molecule has 0 amide bonds. The van der Waals surface area contributed by atoms with Gasteiger partial charge in [-0.2, -0.15) is 0 Å². The van der Waals surface area contributed by atoms with E-state index in [1.807, 2.05) is 0 Å². The first-order valence-corrected chi connectivity index (χ1v) is 5.50. The Morgan fingerprint density at radius 1 is 1.50 bits per heavy atom. The number of guanidine groups is 1. The number of hydrogen-bond acceptors (Lipinski definition) is 2. The van der Waals surface area contributed by atoms with Gasteiger partial charge in [0.05, 0.1) is 0 Å². The molecule has 0 aromatic rings. The zero-order chi connectivity index (χ0) is 10.4. The minimum atomic E-state index is 0.821. The maximum Gasteiger partial charge on any atom is 0.208 e. The van der Waals surface area contributed by atoms with E-state index in [1.54, 1.807) is 7.05 Å². The molecule has 0 bridgehead atoms. The molecule has 0 radical (unpaired) electrons. The third-order valence-electron chi connectivity index (χ3n) is 3.07. The van der Waals surface area contributed by atoms with E-state index in [2.05, 4.69) is 22.2 Å². The van der Waals surface area contributed by atoms with Crippen molar-refractivity contribution in [2.24, 2.45) is 16.8 Å². The van der Waals surface area contributed by atoms with E-state index in [9.17, 15) is 0 Å². The largest absolute Gasteiger partial charge is 0.342 e. The van der Waals surface area contributed by atoms with Crippen LogP contribution >= 0.6 is 0 Å². The maximum absolute atomic E-state index is 5.41. The summed E-state index contributed by atoms with van der Waals surface area (Å²) >= 11 is 0. The average molecular weight is 198 g/mol. The summed E-state index contributed by atoms with van der Waals surface area (Å²) < 4.78 is 0. The van der Waals surface area contributed by atoms with Crippen LogP contribution in [0.3, 0.4) is 0 Å². The van der Waals surface area contributed by atoms with E-state index >= 15 is 0 Å². The summed E-state index contributed by atoms with van der Waals surface area (Å²) in [5.74, 6) is 7.12. The highest BCUT2D eigenvalue weighted by molar-refractivity contribution is 5.79. The molecule has 4 heteroatoms. The van der Waals surface area contributed by atoms with Gasteiger partial charge in [0.2, 0.25) is 5.96 Å². The molecule has 0 spiro atoms. The second-order valence-electron chi connectivity index (χ2n) is 3.88. The Hall–Kier alpha value is -0.770. The lowest BCUT2D eigenvalue weighted by Gasteiger charge is -2.23. The number of nitrogens with zero attached hydrogens (tertiary/aromatic N) is 2. The number of likely N-dealkylation sites (tertiary alicyclic amines) is 1. The van der Waals surface area contributed by atoms with Gasteiger partial charge in [-0.25, -0.2) is 5.84 Å². The Balaban J connectivity index is 2.48. The number of hydrazine groups is 1. The first-order valence-electron chi connectivity index (χ1n) is 5.50. The van der Waals surface area contributed by atoms with Crippen molar-refractivity contribution in [2.45, 2.75) is 32.6 Å². The summed E-state index contributed by atoms with van der Waals surface area (Å²) in [5.41, 5.74) is 2.66. The van der Waals surface area contributed by atoms with Crippen LogP contribution in [0.5, 0.6) is 0 Å². The minimum Gasteiger partial charge on any atom is -0.342 e. The Kier molecular flexibility index (Phi) is 4.73. The standard InChI is InChI=1S/C10H22N4/c1-3-9-5-4-7-14(8-6-9)10(12-2)13-11/h9H,3-8,11H2,1-2H3,(H,12,13). The highest BCUT2D eigenvalue weighted by Gasteiger charge is 2.17. The summed E-state index contributed by atoms with van der Waals surface area (Å²) in [7, 11) is 1.78. The lowest BCUT2D eigenvalue weighted by molar-refractivity contribution is 0.401. The van der Waals surface area contributed by atoms with Crippen LogP contribution in [0.25, 0.3) is 0 Å². The van der Waals surface area contributed by atoms with Gasteiger partial charge in [0.25, 0.3) is 0 Å². The number of hydrogen-bond donors (Lipinski definition) is 2. The summed E-state index contributed by atoms with van der Waals surface area (Å²) in [5, 5.41) is 0. The molecule has 0 aromatic carbocycles. The van der Waals surface area contributed by atoms with Gasteiger partial charge in [-0.15, -0.1) is 0 Å². The van der Waals surface area contributed by atoms with Gasteiger partial charge in [-0.1, -0.05) is 13.3 Å². The van der Waals surface area contributed by atoms with Gasteiger partial charge in [0, 0.05) is 20.1 Å². The van der Waals surface area contributed by atoms with Gasteiger partial charge >= 0.3 is 0 Å². The summed E-state index contributed by atoms with van der Waals surface area (Å²) in [6.07, 6.45) is 5.15. The normalized spacial score (nSPS) is 24.6. The first kappa shape index (κ1) is 11.3. The fourth-order valence-electron chi connectivity index (χ4n) is 2.08. The monoisotopic (exact) mass is 198 g/mol. The van der Waals surface area contributed by atoms with Crippen molar-refractivity contribution in [3.63, 3.8) is 0 Å². The van der Waals surface area contributed by atoms with Crippen LogP contribution in [0.15, 0.2) is 4.99 Å². The van der Waals surface area contributed by atoms with Crippen LogP contribution in [-0.2, 0) is 0 Å². The lowest BCUT2D eigenvalue weighted by Crippen LogP contribution is -2.45. The maximum atomic E-state index is 5.41. The second-order valence-corrected chi connectivity index (χ2v) is 3.88. The van der Waals surface area contributed by atoms with Crippen molar-refractivity contribution in [2.75, 3.05) is 20.1 Å². The molecule has 4 nitrogen and oxygen atoms in total. The van der Waals surface area contributed by atoms with E-state index in [0.29, 0.717) is 0 Å². The quantitative estimate of drug-likeness (QED) is 0.285. The van der Waals surface area contributed by atoms with Crippen molar-refractivity contribution in [3.05, 3.63) is 0 Å². The Labute approximate surface area is 86.5 Å². The predicted molar refractivity (Wildman–Crippen MR) is 59.9 cm³/mol. The van der Waals surface area contributed by atoms with E-state index in [0.717, 1.165) is 25.0 Å². The van der Waals surface area contributed by atoms with Crippen molar-refractivity contribution in [1.82, 2.24) is 10.3 Å². The van der Waals surface area contributed by atoms with Crippen LogP contribution in [-0.4, -0.2) is 31.0 Å². The smallest absolute Gasteiger partial charge is 0.208 e. The molecular weight excluding hydrogens is 176 g/mol. The van der Waals surface area contributed by atoms with Gasteiger partial charge in [-0.05, 0) is 25.2 Å². The zero-order valence-corrected chi connectivity index (χ0v) is 9.29. The Bertz CT molecular complexity index is 191. The molecule has 0 aromatic heterocycles. The first-order chi connectivity index (χ1) is 6.81. The molecule has 1 unspecified atom stereocenters. The summed E-state index contributed by atoms with van der Waals surface area (Å²) in [4.78, 5) is 6.37. The van der Waals surface area contributed by atoms with Crippen molar-refractivity contribution in [3.8, 4) is 0 Å². The molecule has 3 N–H and O–H groups in total. The molecule has 0 aliphatic carbocycles. The van der Waals surface area contributed by atoms with Crippen LogP contribution in [0, 0.1) is 5.92 Å². The Morgan fingerprint density at radius 3 is 2.86 bits per heavy atom. The van der Waals surface area contributed by atoms with Crippen molar-refractivity contribution >= 4 is 5.96 Å². The fraction of sp³-hybridized carbons (Fsp3) is 0.900. The summed E-state index contributed by atoms with van der Waals surface area (Å²) in [6.45, 7) is 4.43. The van der Waals surface area contributed by atoms with Crippen LogP contribution in [0.2, 0.25) is 0 Å². The average Bonchev–Trinajstić information content (AvgIpc) is 2.45. The van der Waals surface area contributed by atoms with Gasteiger partial charge in [-0.3, -0.25) is 10.4 Å². The fourth-order valence-corrected chi connectivity index (χ4v) is 2.08. The second kappa shape index (κ2) is 5.86. The van der Waals surface area contributed by atoms with Crippen molar-refractivity contribution < 1.29 is 0 Å². The van der Waals surface area contributed by atoms with E-state index in [4.69, 9.17) is 5.84 Å². The number of nitrogens with one attached hydrogen (secondary N) is 1. The van der Waals surface area contributed by atoms with Crippen LogP contribution < -0.4 is 11.3 Å². The van der Waals surface area contributed by atoms with Crippen LogP contribution in [0.4, 0.5) is 0 Å². The number of aliphatic imine (C=N–C) groups is 1.